The van der Waals surface area contributed by atoms with Gasteiger partial charge >= 0.3 is 6.01 Å². The molecular weight excluding hydrogens is 493 g/mol. The topological polar surface area (TPSA) is 69.3 Å². The van der Waals surface area contributed by atoms with Gasteiger partial charge in [0.1, 0.15) is 29.6 Å². The Balaban J connectivity index is 1.36. The maximum absolute atomic E-state index is 16.3. The van der Waals surface area contributed by atoms with Crippen molar-refractivity contribution in [3.05, 3.63) is 47.9 Å². The van der Waals surface area contributed by atoms with Gasteiger partial charge in [-0.1, -0.05) is 0 Å². The molecule has 38 heavy (non-hydrogen) atoms. The predicted octanol–water partition coefficient (Wildman–Crippen LogP) is 4.61. The van der Waals surface area contributed by atoms with E-state index in [-0.39, 0.29) is 23.1 Å². The molecule has 2 unspecified atom stereocenters. The van der Waals surface area contributed by atoms with Crippen molar-refractivity contribution in [2.24, 2.45) is 0 Å². The first-order valence-corrected chi connectivity index (χ1v) is 13.3. The van der Waals surface area contributed by atoms with Crippen LogP contribution in [0.25, 0.3) is 32.9 Å². The number of hydrogen-bond acceptors (Lipinski definition) is 6. The van der Waals surface area contributed by atoms with E-state index in [9.17, 15) is 4.39 Å². The van der Waals surface area contributed by atoms with Crippen molar-refractivity contribution in [3.63, 3.8) is 0 Å². The molecule has 2 aromatic heterocycles. The number of nitrogens with one attached hydrogen (secondary N) is 2. The minimum atomic E-state index is -0.783. The van der Waals surface area contributed by atoms with Crippen LogP contribution in [0.4, 0.5) is 19.0 Å². The largest absolute Gasteiger partial charge is 0.462 e. The van der Waals surface area contributed by atoms with Crippen LogP contribution in [0.15, 0.2) is 30.5 Å². The molecular formula is C28H29F3N6O. The second-order valence-electron chi connectivity index (χ2n) is 10.8. The van der Waals surface area contributed by atoms with Crippen molar-refractivity contribution in [2.45, 2.75) is 43.8 Å². The highest BCUT2D eigenvalue weighted by atomic mass is 19.1. The zero-order valence-electron chi connectivity index (χ0n) is 21.1. The summed E-state index contributed by atoms with van der Waals surface area (Å²) < 4.78 is 51.8. The number of rotatable bonds is 5. The Morgan fingerprint density at radius 3 is 2.61 bits per heavy atom. The van der Waals surface area contributed by atoms with Crippen LogP contribution in [0.1, 0.15) is 25.7 Å². The predicted molar refractivity (Wildman–Crippen MR) is 140 cm³/mol. The third kappa shape index (κ3) is 3.97. The summed E-state index contributed by atoms with van der Waals surface area (Å²) in [6.07, 6.45) is 5.75. The molecule has 0 amide bonds. The van der Waals surface area contributed by atoms with Crippen molar-refractivity contribution in [3.8, 4) is 17.1 Å². The van der Waals surface area contributed by atoms with Gasteiger partial charge < -0.3 is 24.8 Å². The number of aromatic amines is 1. The molecule has 0 spiro atoms. The first kappa shape index (κ1) is 23.7. The van der Waals surface area contributed by atoms with Crippen LogP contribution in [0, 0.1) is 17.5 Å². The first-order chi connectivity index (χ1) is 18.4. The highest BCUT2D eigenvalue weighted by Gasteiger charge is 2.34. The van der Waals surface area contributed by atoms with E-state index in [1.807, 2.05) is 0 Å². The molecule has 3 fully saturated rings. The number of H-pyrrole nitrogens is 1. The van der Waals surface area contributed by atoms with Gasteiger partial charge in [-0.2, -0.15) is 9.97 Å². The molecule has 4 aromatic rings. The van der Waals surface area contributed by atoms with Gasteiger partial charge in [-0.25, -0.2) is 13.2 Å². The maximum atomic E-state index is 16.3. The lowest BCUT2D eigenvalue weighted by molar-refractivity contribution is 0.188. The van der Waals surface area contributed by atoms with Crippen LogP contribution < -0.4 is 15.0 Å². The maximum Gasteiger partial charge on any atom is 0.319 e. The van der Waals surface area contributed by atoms with E-state index in [1.54, 1.807) is 0 Å². The highest BCUT2D eigenvalue weighted by Crippen LogP contribution is 2.39. The molecule has 0 saturated carbocycles. The fraction of sp³-hybridized carbons (Fsp3) is 0.429. The molecule has 3 atom stereocenters. The van der Waals surface area contributed by atoms with Crippen LogP contribution in [0.2, 0.25) is 0 Å². The van der Waals surface area contributed by atoms with Crippen LogP contribution in [0.3, 0.4) is 0 Å². The van der Waals surface area contributed by atoms with Crippen molar-refractivity contribution in [1.29, 1.82) is 0 Å². The average Bonchev–Trinajstić information content (AvgIpc) is 3.60. The van der Waals surface area contributed by atoms with Gasteiger partial charge in [0.05, 0.1) is 5.56 Å². The number of halogens is 3. The smallest absolute Gasteiger partial charge is 0.319 e. The molecule has 0 radical (unpaired) electrons. The second kappa shape index (κ2) is 9.13. The zero-order chi connectivity index (χ0) is 26.0. The standard InChI is InChI=1S/C28H29F3N6O/c1-36-8-2-3-18(36)14-38-28-34-26-20(27(35-28)37-12-16-5-6-17(13-37)33-16)10-22(30)24(25(26)31)21-11-32-23-9-15(29)4-7-19(21)23/h4,7,9-11,16-18,32-33H,2-3,5-6,8,12-14H2,1H3/t16?,17?,18-/m0/s1. The van der Waals surface area contributed by atoms with Gasteiger partial charge in [0.2, 0.25) is 0 Å². The average molecular weight is 523 g/mol. The number of benzene rings is 2. The molecule has 3 aliphatic heterocycles. The Morgan fingerprint density at radius 1 is 1.03 bits per heavy atom. The van der Waals surface area contributed by atoms with Crippen LogP contribution in [-0.4, -0.2) is 71.3 Å². The number of ether oxygens (including phenoxy) is 1. The van der Waals surface area contributed by atoms with Crippen LogP contribution >= 0.6 is 0 Å². The molecule has 198 valence electrons. The molecule has 0 aliphatic carbocycles. The lowest BCUT2D eigenvalue weighted by atomic mass is 10.0. The SMILES string of the molecule is CN1CCC[C@H]1COc1nc(N2CC3CCC(C2)N3)c2cc(F)c(-c3c[nH]c4cc(F)ccc34)c(F)c2n1. The number of fused-ring (bicyclic) bond motifs is 4. The van der Waals surface area contributed by atoms with E-state index in [0.29, 0.717) is 59.5 Å². The number of likely N-dealkylation sites (tertiary alicyclic amines) is 1. The van der Waals surface area contributed by atoms with Gasteiger partial charge in [0.15, 0.2) is 5.82 Å². The lowest BCUT2D eigenvalue weighted by Gasteiger charge is -2.34. The number of anilines is 1. The van der Waals surface area contributed by atoms with Crippen LogP contribution in [-0.2, 0) is 0 Å². The van der Waals surface area contributed by atoms with E-state index < -0.39 is 17.5 Å². The summed E-state index contributed by atoms with van der Waals surface area (Å²) in [6, 6.07) is 6.40. The molecule has 7 nitrogen and oxygen atoms in total. The molecule has 3 aliphatic rings. The van der Waals surface area contributed by atoms with Gasteiger partial charge in [0.25, 0.3) is 0 Å². The molecule has 2 aromatic carbocycles. The first-order valence-electron chi connectivity index (χ1n) is 13.3. The summed E-state index contributed by atoms with van der Waals surface area (Å²) in [5.74, 6) is -1.44. The van der Waals surface area contributed by atoms with Gasteiger partial charge in [-0.15, -0.1) is 0 Å². The Hall–Kier alpha value is -3.37. The number of piperazine rings is 1. The number of hydrogen-bond donors (Lipinski definition) is 2. The molecule has 2 N–H and O–H groups in total. The second-order valence-corrected chi connectivity index (χ2v) is 10.8. The fourth-order valence-electron chi connectivity index (χ4n) is 6.35. The van der Waals surface area contributed by atoms with Gasteiger partial charge in [-0.3, -0.25) is 0 Å². The lowest BCUT2D eigenvalue weighted by Crippen LogP contribution is -2.51. The van der Waals surface area contributed by atoms with E-state index in [1.165, 1.54) is 30.5 Å². The Bertz CT molecular complexity index is 1530. The summed E-state index contributed by atoms with van der Waals surface area (Å²) in [6.45, 7) is 2.81. The zero-order valence-corrected chi connectivity index (χ0v) is 21.1. The van der Waals surface area contributed by atoms with Crippen molar-refractivity contribution >= 4 is 27.6 Å². The van der Waals surface area contributed by atoms with Crippen LogP contribution in [0.5, 0.6) is 6.01 Å². The number of likely N-dealkylation sites (N-methyl/N-ethyl adjacent to an activating group) is 1. The normalized spacial score (nSPS) is 23.7. The van der Waals surface area contributed by atoms with E-state index in [0.717, 1.165) is 32.2 Å². The minimum Gasteiger partial charge on any atom is -0.462 e. The third-order valence-corrected chi connectivity index (χ3v) is 8.35. The number of aromatic nitrogens is 3. The van der Waals surface area contributed by atoms with Gasteiger partial charge in [0, 0.05) is 59.3 Å². The minimum absolute atomic E-state index is 0.0171. The van der Waals surface area contributed by atoms with Gasteiger partial charge in [-0.05, 0) is 63.5 Å². The Labute approximate surface area is 218 Å². The Kier molecular flexibility index (Phi) is 5.70. The molecule has 2 bridgehead atoms. The van der Waals surface area contributed by atoms with E-state index in [2.05, 4.69) is 32.1 Å². The van der Waals surface area contributed by atoms with Crippen molar-refractivity contribution < 1.29 is 17.9 Å². The summed E-state index contributed by atoms with van der Waals surface area (Å²) in [5, 5.41) is 4.44. The molecule has 10 heteroatoms. The summed E-state index contributed by atoms with van der Waals surface area (Å²) >= 11 is 0. The third-order valence-electron chi connectivity index (χ3n) is 8.35. The summed E-state index contributed by atoms with van der Waals surface area (Å²) in [7, 11) is 2.06. The highest BCUT2D eigenvalue weighted by molar-refractivity contribution is 6.00. The van der Waals surface area contributed by atoms with Crippen molar-refractivity contribution in [2.75, 3.05) is 38.2 Å². The Morgan fingerprint density at radius 2 is 1.84 bits per heavy atom. The van der Waals surface area contributed by atoms with Crippen molar-refractivity contribution in [1.82, 2.24) is 25.2 Å². The molecule has 7 rings (SSSR count). The van der Waals surface area contributed by atoms with E-state index >= 15 is 8.78 Å². The monoisotopic (exact) mass is 522 g/mol. The fourth-order valence-corrected chi connectivity index (χ4v) is 6.35. The van der Waals surface area contributed by atoms with E-state index in [4.69, 9.17) is 9.72 Å². The number of nitrogens with zero attached hydrogens (tertiary/aromatic N) is 4. The molecule has 3 saturated heterocycles. The summed E-state index contributed by atoms with van der Waals surface area (Å²) in [5.41, 5.74) is 0.584. The quantitative estimate of drug-likeness (QED) is 0.399. The molecule has 5 heterocycles. The summed E-state index contributed by atoms with van der Waals surface area (Å²) in [4.78, 5) is 16.4.